The summed E-state index contributed by atoms with van der Waals surface area (Å²) in [6.45, 7) is 15.3. The number of methoxy groups -OCH3 is 2. The Hall–Kier alpha value is -3.58. The smallest absolute Gasteiger partial charge is 0.311 e. The lowest BCUT2D eigenvalue weighted by Crippen LogP contribution is -2.46. The normalized spacial score (nSPS) is 12.3. The lowest BCUT2D eigenvalue weighted by Gasteiger charge is -2.38. The Morgan fingerprint density at radius 3 is 2.38 bits per heavy atom. The van der Waals surface area contributed by atoms with Gasteiger partial charge in [0.25, 0.3) is 5.91 Å². The molecule has 0 aromatic heterocycles. The number of hydrogen-bond donors (Lipinski definition) is 1. The van der Waals surface area contributed by atoms with E-state index in [-0.39, 0.29) is 25.1 Å². The van der Waals surface area contributed by atoms with E-state index in [0.717, 1.165) is 11.1 Å². The van der Waals surface area contributed by atoms with E-state index in [9.17, 15) is 9.59 Å². The van der Waals surface area contributed by atoms with Gasteiger partial charge in [0.1, 0.15) is 24.2 Å². The van der Waals surface area contributed by atoms with Crippen LogP contribution in [-0.4, -0.2) is 38.8 Å². The van der Waals surface area contributed by atoms with Gasteiger partial charge in [-0.05, 0) is 61.7 Å². The molecule has 0 bridgehead atoms. The number of nitrogens with one attached hydrogen (secondary N) is 1. The maximum Gasteiger partial charge on any atom is 0.311 e. The van der Waals surface area contributed by atoms with Crippen LogP contribution in [0.1, 0.15) is 45.2 Å². The van der Waals surface area contributed by atoms with E-state index in [4.69, 9.17) is 18.9 Å². The summed E-state index contributed by atoms with van der Waals surface area (Å²) in [6, 6.07) is 12.9. The van der Waals surface area contributed by atoms with Crippen LogP contribution in [0, 0.1) is 10.8 Å². The third-order valence-corrected chi connectivity index (χ3v) is 5.96. The van der Waals surface area contributed by atoms with Crippen LogP contribution >= 0.6 is 0 Å². The van der Waals surface area contributed by atoms with Gasteiger partial charge in [-0.15, -0.1) is 6.58 Å². The zero-order chi connectivity index (χ0) is 27.6. The molecule has 7 heteroatoms. The Labute approximate surface area is 220 Å². The van der Waals surface area contributed by atoms with Crippen LogP contribution in [0.2, 0.25) is 0 Å². The highest BCUT2D eigenvalue weighted by molar-refractivity contribution is 5.96. The van der Waals surface area contributed by atoms with Crippen molar-refractivity contribution in [1.29, 1.82) is 0 Å². The minimum Gasteiger partial charge on any atom is -0.497 e. The zero-order valence-electron chi connectivity index (χ0n) is 22.8. The van der Waals surface area contributed by atoms with E-state index in [1.54, 1.807) is 45.2 Å². The van der Waals surface area contributed by atoms with E-state index in [1.165, 1.54) is 7.11 Å². The molecular weight excluding hydrogens is 470 g/mol. The molecule has 0 aliphatic heterocycles. The van der Waals surface area contributed by atoms with E-state index in [1.807, 2.05) is 44.2 Å². The number of carbonyl (C=O) groups excluding carboxylic acids is 2. The first-order chi connectivity index (χ1) is 17.5. The largest absolute Gasteiger partial charge is 0.497 e. The minimum atomic E-state index is -0.865. The summed E-state index contributed by atoms with van der Waals surface area (Å²) in [7, 11) is 2.96. The fourth-order valence-electron chi connectivity index (χ4n) is 4.46. The maximum absolute atomic E-state index is 13.5. The van der Waals surface area contributed by atoms with Crippen molar-refractivity contribution < 1.29 is 28.5 Å². The summed E-state index contributed by atoms with van der Waals surface area (Å²) >= 11 is 0. The quantitative estimate of drug-likeness (QED) is 0.247. The molecule has 2 aromatic rings. The second-order valence-corrected chi connectivity index (χ2v) is 10.1. The molecule has 0 heterocycles. The van der Waals surface area contributed by atoms with Crippen molar-refractivity contribution in [2.45, 2.75) is 46.8 Å². The highest BCUT2D eigenvalue weighted by atomic mass is 16.5. The van der Waals surface area contributed by atoms with Gasteiger partial charge in [0, 0.05) is 5.41 Å². The molecule has 2 aromatic carbocycles. The standard InChI is InChI=1S/C30H39NO6/c1-9-15-36-26(29(3,4)20-30(5,6)28(33)35-8)27(32)31-24-13-11-12-14-25(24)37-19-22-16-21(10-2)17-23(18-22)34-7/h9-14,16-18,26H,1-2,15,19-20H2,3-8H3,(H,31,32). The van der Waals surface area contributed by atoms with Gasteiger partial charge in [-0.3, -0.25) is 9.59 Å². The second kappa shape index (κ2) is 13.1. The Balaban J connectivity index is 2.25. The molecular formula is C30H39NO6. The number of esters is 1. The van der Waals surface area contributed by atoms with E-state index in [2.05, 4.69) is 18.5 Å². The number of amides is 1. The lowest BCUT2D eigenvalue weighted by atomic mass is 9.71. The number of hydrogen-bond acceptors (Lipinski definition) is 6. The second-order valence-electron chi connectivity index (χ2n) is 10.1. The molecule has 2 rings (SSSR count). The van der Waals surface area contributed by atoms with Gasteiger partial charge in [0.05, 0.1) is 31.9 Å². The average Bonchev–Trinajstić information content (AvgIpc) is 2.86. The molecule has 1 amide bonds. The van der Waals surface area contributed by atoms with Crippen LogP contribution in [0.4, 0.5) is 5.69 Å². The van der Waals surface area contributed by atoms with Crippen molar-refractivity contribution in [1.82, 2.24) is 0 Å². The topological polar surface area (TPSA) is 83.1 Å². The molecule has 0 aliphatic rings. The van der Waals surface area contributed by atoms with Crippen molar-refractivity contribution in [3.8, 4) is 11.5 Å². The summed E-state index contributed by atoms with van der Waals surface area (Å²) in [5.74, 6) is 0.518. The summed E-state index contributed by atoms with van der Waals surface area (Å²) < 4.78 is 22.3. The predicted molar refractivity (Wildman–Crippen MR) is 147 cm³/mol. The number of anilines is 1. The molecule has 1 atom stereocenters. The fraction of sp³-hybridized carbons (Fsp3) is 0.400. The van der Waals surface area contributed by atoms with E-state index < -0.39 is 16.9 Å². The van der Waals surface area contributed by atoms with Crippen molar-refractivity contribution in [2.75, 3.05) is 26.1 Å². The van der Waals surface area contributed by atoms with Gasteiger partial charge in [-0.1, -0.05) is 44.7 Å². The van der Waals surface area contributed by atoms with Gasteiger partial charge in [-0.2, -0.15) is 0 Å². The van der Waals surface area contributed by atoms with Crippen molar-refractivity contribution >= 4 is 23.6 Å². The molecule has 200 valence electrons. The van der Waals surface area contributed by atoms with E-state index >= 15 is 0 Å². The number of benzene rings is 2. The average molecular weight is 510 g/mol. The molecule has 0 fully saturated rings. The molecule has 0 spiro atoms. The van der Waals surface area contributed by atoms with Gasteiger partial charge >= 0.3 is 5.97 Å². The monoisotopic (exact) mass is 509 g/mol. The Bertz CT molecular complexity index is 1110. The summed E-state index contributed by atoms with van der Waals surface area (Å²) in [5, 5.41) is 2.96. The summed E-state index contributed by atoms with van der Waals surface area (Å²) in [4.78, 5) is 25.8. The van der Waals surface area contributed by atoms with Gasteiger partial charge < -0.3 is 24.3 Å². The van der Waals surface area contributed by atoms with Crippen molar-refractivity contribution in [3.05, 3.63) is 72.8 Å². The molecule has 7 nitrogen and oxygen atoms in total. The predicted octanol–water partition coefficient (Wildman–Crippen LogP) is 6.04. The first kappa shape index (κ1) is 29.6. The number of para-hydroxylation sites is 2. The zero-order valence-corrected chi connectivity index (χ0v) is 22.8. The lowest BCUT2D eigenvalue weighted by molar-refractivity contribution is -0.156. The molecule has 1 N–H and O–H groups in total. The van der Waals surface area contributed by atoms with Crippen LogP contribution in [0.15, 0.2) is 61.7 Å². The molecule has 0 radical (unpaired) electrons. The Morgan fingerprint density at radius 1 is 1.05 bits per heavy atom. The maximum atomic E-state index is 13.5. The summed E-state index contributed by atoms with van der Waals surface area (Å²) in [6.07, 6.45) is 2.83. The highest BCUT2D eigenvalue weighted by Gasteiger charge is 2.43. The number of ether oxygens (including phenoxy) is 4. The minimum absolute atomic E-state index is 0.180. The van der Waals surface area contributed by atoms with Crippen LogP contribution in [0.5, 0.6) is 11.5 Å². The number of carbonyl (C=O) groups is 2. The van der Waals surface area contributed by atoms with Gasteiger partial charge in [0.2, 0.25) is 0 Å². The van der Waals surface area contributed by atoms with E-state index in [0.29, 0.717) is 23.6 Å². The first-order valence-corrected chi connectivity index (χ1v) is 12.1. The molecule has 37 heavy (non-hydrogen) atoms. The third-order valence-electron chi connectivity index (χ3n) is 5.96. The van der Waals surface area contributed by atoms with Crippen LogP contribution in [0.25, 0.3) is 6.08 Å². The summed E-state index contributed by atoms with van der Waals surface area (Å²) in [5.41, 5.74) is 0.806. The van der Waals surface area contributed by atoms with Crippen LogP contribution < -0.4 is 14.8 Å². The SMILES string of the molecule is C=CCOC(C(=O)Nc1ccccc1OCc1cc(C=C)cc(OC)c1)C(C)(C)CC(C)(C)C(=O)OC. The molecule has 0 saturated carbocycles. The molecule has 0 saturated heterocycles. The molecule has 1 unspecified atom stereocenters. The van der Waals surface area contributed by atoms with Crippen molar-refractivity contribution in [3.63, 3.8) is 0 Å². The van der Waals surface area contributed by atoms with Gasteiger partial charge in [0.15, 0.2) is 0 Å². The van der Waals surface area contributed by atoms with Gasteiger partial charge in [-0.25, -0.2) is 0 Å². The molecule has 0 aliphatic carbocycles. The fourth-order valence-corrected chi connectivity index (χ4v) is 4.46. The third kappa shape index (κ3) is 8.22. The Kier molecular flexibility index (Phi) is 10.5. The number of rotatable bonds is 14. The van der Waals surface area contributed by atoms with Crippen molar-refractivity contribution in [2.24, 2.45) is 10.8 Å². The Morgan fingerprint density at radius 2 is 1.76 bits per heavy atom. The van der Waals surface area contributed by atoms with Crippen LogP contribution in [0.3, 0.4) is 0 Å². The van der Waals surface area contributed by atoms with Crippen LogP contribution in [-0.2, 0) is 25.7 Å². The highest BCUT2D eigenvalue weighted by Crippen LogP contribution is 2.39. The first-order valence-electron chi connectivity index (χ1n) is 12.1.